The molecule has 3 aromatic rings. The summed E-state index contributed by atoms with van der Waals surface area (Å²) < 4.78 is 31.6. The molecule has 6 heteroatoms. The van der Waals surface area contributed by atoms with E-state index in [1.807, 2.05) is 30.3 Å². The molecule has 0 unspecified atom stereocenters. The number of halogens is 2. The quantitative estimate of drug-likeness (QED) is 0.747. The molecule has 0 saturated carbocycles. The number of hydrogen-bond acceptors (Lipinski definition) is 4. The van der Waals surface area contributed by atoms with E-state index >= 15 is 0 Å². The lowest BCUT2D eigenvalue weighted by Crippen LogP contribution is -2.27. The van der Waals surface area contributed by atoms with Crippen molar-refractivity contribution in [2.45, 2.75) is 18.9 Å². The van der Waals surface area contributed by atoms with Gasteiger partial charge in [-0.3, -0.25) is 0 Å². The molecule has 0 aliphatic heterocycles. The van der Waals surface area contributed by atoms with Crippen LogP contribution in [0.2, 0.25) is 0 Å². The number of nitrogens with one attached hydrogen (secondary N) is 1. The number of nitrogens with zero attached hydrogens (tertiary/aromatic N) is 2. The summed E-state index contributed by atoms with van der Waals surface area (Å²) in [7, 11) is 0. The molecular weight excluding hydrogens is 312 g/mol. The first-order valence-corrected chi connectivity index (χ1v) is 7.64. The molecule has 0 bridgehead atoms. The van der Waals surface area contributed by atoms with E-state index in [0.717, 1.165) is 12.1 Å². The molecule has 2 aromatic carbocycles. The Bertz CT molecular complexity index is 778. The lowest BCUT2D eigenvalue weighted by molar-refractivity contribution is 0.400. The van der Waals surface area contributed by atoms with Gasteiger partial charge in [-0.2, -0.15) is 4.98 Å². The number of hydrogen-bond donors (Lipinski definition) is 1. The normalized spacial score (nSPS) is 13.6. The van der Waals surface area contributed by atoms with Gasteiger partial charge in [-0.15, -0.1) is 0 Å². The lowest BCUT2D eigenvalue weighted by atomic mass is 9.99. The van der Waals surface area contributed by atoms with Crippen LogP contribution in [0.25, 0.3) is 0 Å². The second-order valence-electron chi connectivity index (χ2n) is 5.62. The number of aromatic nitrogens is 2. The highest BCUT2D eigenvalue weighted by Gasteiger charge is 2.21. The molecule has 1 N–H and O–H groups in total. The first-order valence-electron chi connectivity index (χ1n) is 7.64. The first-order chi connectivity index (χ1) is 11.6. The van der Waals surface area contributed by atoms with E-state index in [1.165, 1.54) is 18.0 Å². The van der Waals surface area contributed by atoms with E-state index in [9.17, 15) is 8.78 Å². The van der Waals surface area contributed by atoms with Crippen molar-refractivity contribution in [2.75, 3.05) is 6.54 Å². The predicted octanol–water partition coefficient (Wildman–Crippen LogP) is 3.83. The van der Waals surface area contributed by atoms with Gasteiger partial charge in [0.1, 0.15) is 0 Å². The van der Waals surface area contributed by atoms with Crippen LogP contribution in [0.1, 0.15) is 35.8 Å². The van der Waals surface area contributed by atoms with E-state index in [0.29, 0.717) is 17.9 Å². The van der Waals surface area contributed by atoms with Crippen LogP contribution in [0.5, 0.6) is 0 Å². The molecule has 0 spiro atoms. The third-order valence-electron chi connectivity index (χ3n) is 3.91. The maximum atomic E-state index is 13.6. The van der Waals surface area contributed by atoms with Crippen molar-refractivity contribution in [3.05, 3.63) is 83.5 Å². The fraction of sp³-hybridized carbons (Fsp3) is 0.222. The fourth-order valence-corrected chi connectivity index (χ4v) is 2.55. The maximum Gasteiger partial charge on any atom is 0.213 e. The van der Waals surface area contributed by atoms with Crippen LogP contribution in [0.15, 0.2) is 59.4 Å². The van der Waals surface area contributed by atoms with Gasteiger partial charge in [0.25, 0.3) is 0 Å². The summed E-state index contributed by atoms with van der Waals surface area (Å²) >= 11 is 0. The molecule has 1 aromatic heterocycles. The van der Waals surface area contributed by atoms with Crippen molar-refractivity contribution in [3.8, 4) is 0 Å². The summed E-state index contributed by atoms with van der Waals surface area (Å²) in [5.41, 5.74) is 1.72. The Balaban J connectivity index is 1.80. The Morgan fingerprint density at radius 3 is 2.50 bits per heavy atom. The Kier molecular flexibility index (Phi) is 4.96. The second kappa shape index (κ2) is 7.31. The van der Waals surface area contributed by atoms with Crippen molar-refractivity contribution < 1.29 is 13.3 Å². The van der Waals surface area contributed by atoms with Gasteiger partial charge in [0.15, 0.2) is 17.5 Å². The molecule has 4 nitrogen and oxygen atoms in total. The van der Waals surface area contributed by atoms with Crippen LogP contribution in [0.3, 0.4) is 0 Å². The van der Waals surface area contributed by atoms with Gasteiger partial charge in [-0.05, 0) is 29.2 Å². The van der Waals surface area contributed by atoms with Crippen LogP contribution in [0.4, 0.5) is 8.78 Å². The topological polar surface area (TPSA) is 51.0 Å². The standard InChI is InChI=1S/C18H17F2N3O/c1-12(13-5-3-2-4-6-13)10-21-17(18-22-11-24-23-18)14-7-8-15(19)16(20)9-14/h2-9,11-12,17,21H,10H2,1H3/t12-,17+/m0/s1. The average Bonchev–Trinajstić information content (AvgIpc) is 3.13. The van der Waals surface area contributed by atoms with Crippen molar-refractivity contribution in [1.82, 2.24) is 15.5 Å². The first kappa shape index (κ1) is 16.3. The molecular formula is C18H17F2N3O. The van der Waals surface area contributed by atoms with Crippen molar-refractivity contribution >= 4 is 0 Å². The summed E-state index contributed by atoms with van der Waals surface area (Å²) in [5.74, 6) is -1.19. The molecule has 0 aliphatic carbocycles. The van der Waals surface area contributed by atoms with E-state index in [-0.39, 0.29) is 5.92 Å². The minimum absolute atomic E-state index is 0.228. The summed E-state index contributed by atoms with van der Waals surface area (Å²) in [6, 6.07) is 13.3. The Labute approximate surface area is 138 Å². The van der Waals surface area contributed by atoms with Gasteiger partial charge >= 0.3 is 0 Å². The molecule has 0 amide bonds. The molecule has 0 saturated heterocycles. The third kappa shape index (κ3) is 3.65. The summed E-state index contributed by atoms with van der Waals surface area (Å²) in [6.07, 6.45) is 1.21. The van der Waals surface area contributed by atoms with Crippen LogP contribution < -0.4 is 5.32 Å². The van der Waals surface area contributed by atoms with E-state index in [4.69, 9.17) is 4.52 Å². The van der Waals surface area contributed by atoms with Gasteiger partial charge < -0.3 is 9.84 Å². The largest absolute Gasteiger partial charge is 0.343 e. The molecule has 3 rings (SSSR count). The highest BCUT2D eigenvalue weighted by atomic mass is 19.2. The third-order valence-corrected chi connectivity index (χ3v) is 3.91. The Morgan fingerprint density at radius 2 is 1.83 bits per heavy atom. The zero-order valence-corrected chi connectivity index (χ0v) is 13.1. The molecule has 2 atom stereocenters. The van der Waals surface area contributed by atoms with E-state index in [2.05, 4.69) is 22.4 Å². The lowest BCUT2D eigenvalue weighted by Gasteiger charge is -2.19. The molecule has 124 valence electrons. The average molecular weight is 329 g/mol. The minimum atomic E-state index is -0.904. The monoisotopic (exact) mass is 329 g/mol. The van der Waals surface area contributed by atoms with E-state index in [1.54, 1.807) is 0 Å². The highest BCUT2D eigenvalue weighted by molar-refractivity contribution is 5.26. The van der Waals surface area contributed by atoms with Crippen LogP contribution in [0, 0.1) is 11.6 Å². The van der Waals surface area contributed by atoms with E-state index < -0.39 is 17.7 Å². The minimum Gasteiger partial charge on any atom is -0.343 e. The molecule has 0 aliphatic rings. The van der Waals surface area contributed by atoms with Crippen LogP contribution in [-0.4, -0.2) is 16.7 Å². The fourth-order valence-electron chi connectivity index (χ4n) is 2.55. The Hall–Kier alpha value is -2.60. The van der Waals surface area contributed by atoms with Gasteiger partial charge in [-0.1, -0.05) is 48.5 Å². The second-order valence-corrected chi connectivity index (χ2v) is 5.62. The van der Waals surface area contributed by atoms with Gasteiger partial charge in [0.05, 0.1) is 6.04 Å². The summed E-state index contributed by atoms with van der Waals surface area (Å²) in [5, 5.41) is 7.14. The molecule has 1 heterocycles. The van der Waals surface area contributed by atoms with Gasteiger partial charge in [0, 0.05) is 6.54 Å². The van der Waals surface area contributed by atoms with Gasteiger partial charge in [0.2, 0.25) is 6.39 Å². The smallest absolute Gasteiger partial charge is 0.213 e. The zero-order valence-electron chi connectivity index (χ0n) is 13.1. The van der Waals surface area contributed by atoms with Crippen molar-refractivity contribution in [1.29, 1.82) is 0 Å². The van der Waals surface area contributed by atoms with Crippen molar-refractivity contribution in [2.24, 2.45) is 0 Å². The summed E-state index contributed by atoms with van der Waals surface area (Å²) in [6.45, 7) is 2.70. The molecule has 0 radical (unpaired) electrons. The maximum absolute atomic E-state index is 13.6. The predicted molar refractivity (Wildman–Crippen MR) is 85.4 cm³/mol. The SMILES string of the molecule is C[C@@H](CN[C@H](c1ccc(F)c(F)c1)c1ncon1)c1ccccc1. The molecule has 0 fully saturated rings. The van der Waals surface area contributed by atoms with Crippen molar-refractivity contribution in [3.63, 3.8) is 0 Å². The number of rotatable bonds is 6. The van der Waals surface area contributed by atoms with Crippen LogP contribution >= 0.6 is 0 Å². The number of benzene rings is 2. The molecule has 24 heavy (non-hydrogen) atoms. The van der Waals surface area contributed by atoms with Crippen LogP contribution in [-0.2, 0) is 0 Å². The van der Waals surface area contributed by atoms with Gasteiger partial charge in [-0.25, -0.2) is 8.78 Å². The Morgan fingerprint density at radius 1 is 1.04 bits per heavy atom. The zero-order chi connectivity index (χ0) is 16.9. The summed E-state index contributed by atoms with van der Waals surface area (Å²) in [4.78, 5) is 4.04. The highest BCUT2D eigenvalue weighted by Crippen LogP contribution is 2.23.